The monoisotopic (exact) mass is 689 g/mol. The van der Waals surface area contributed by atoms with Gasteiger partial charge in [-0.3, -0.25) is 0 Å². The van der Waals surface area contributed by atoms with Crippen molar-refractivity contribution in [2.75, 3.05) is 4.90 Å². The Morgan fingerprint density at radius 3 is 1.59 bits per heavy atom. The lowest BCUT2D eigenvalue weighted by Crippen LogP contribution is -2.15. The molecule has 0 amide bonds. The van der Waals surface area contributed by atoms with Gasteiger partial charge in [0.25, 0.3) is 0 Å². The molecule has 0 saturated carbocycles. The van der Waals surface area contributed by atoms with Crippen molar-refractivity contribution < 1.29 is 0 Å². The number of anilines is 3. The van der Waals surface area contributed by atoms with Gasteiger partial charge in [-0.1, -0.05) is 166 Å². The second-order valence-electron chi connectivity index (χ2n) is 15.0. The van der Waals surface area contributed by atoms with Crippen LogP contribution in [0.1, 0.15) is 25.0 Å². The van der Waals surface area contributed by atoms with E-state index in [1.165, 1.54) is 77.2 Å². The summed E-state index contributed by atoms with van der Waals surface area (Å²) in [5, 5.41) is 5.10. The molecule has 0 radical (unpaired) electrons. The quantitative estimate of drug-likeness (QED) is 0.157. The third-order valence-corrected chi connectivity index (χ3v) is 11.5. The number of hydrogen-bond acceptors (Lipinski definition) is 1. The van der Waals surface area contributed by atoms with E-state index in [1.54, 1.807) is 0 Å². The van der Waals surface area contributed by atoms with Crippen molar-refractivity contribution >= 4 is 38.6 Å². The molecule has 0 bridgehead atoms. The summed E-state index contributed by atoms with van der Waals surface area (Å²) in [7, 11) is 0. The largest absolute Gasteiger partial charge is 0.310 e. The van der Waals surface area contributed by atoms with Gasteiger partial charge < -0.3 is 4.90 Å². The molecule has 0 fully saturated rings. The fourth-order valence-electron chi connectivity index (χ4n) is 8.69. The summed E-state index contributed by atoms with van der Waals surface area (Å²) in [4.78, 5) is 2.40. The maximum atomic E-state index is 2.40. The third-order valence-electron chi connectivity index (χ3n) is 11.5. The van der Waals surface area contributed by atoms with Crippen molar-refractivity contribution in [1.29, 1.82) is 0 Å². The zero-order valence-electron chi connectivity index (χ0n) is 30.5. The van der Waals surface area contributed by atoms with E-state index in [-0.39, 0.29) is 5.41 Å². The van der Waals surface area contributed by atoms with Crippen molar-refractivity contribution in [3.8, 4) is 44.5 Å². The van der Waals surface area contributed by atoms with E-state index in [4.69, 9.17) is 0 Å². The number of rotatable bonds is 6. The fourth-order valence-corrected chi connectivity index (χ4v) is 8.69. The molecule has 0 aliphatic heterocycles. The minimum absolute atomic E-state index is 0.0461. The van der Waals surface area contributed by atoms with Gasteiger partial charge in [-0.15, -0.1) is 0 Å². The van der Waals surface area contributed by atoms with Crippen LogP contribution >= 0.6 is 0 Å². The molecule has 9 aromatic rings. The van der Waals surface area contributed by atoms with Crippen LogP contribution in [0.4, 0.5) is 17.1 Å². The second kappa shape index (κ2) is 12.8. The number of benzene rings is 9. The molecule has 54 heavy (non-hydrogen) atoms. The van der Waals surface area contributed by atoms with Crippen LogP contribution < -0.4 is 4.90 Å². The number of nitrogens with zero attached hydrogens (tertiary/aromatic N) is 1. The maximum absolute atomic E-state index is 2.40. The molecule has 0 unspecified atom stereocenters. The maximum Gasteiger partial charge on any atom is 0.0468 e. The lowest BCUT2D eigenvalue weighted by Gasteiger charge is -2.27. The van der Waals surface area contributed by atoms with E-state index in [0.717, 1.165) is 17.1 Å². The van der Waals surface area contributed by atoms with Crippen molar-refractivity contribution in [3.63, 3.8) is 0 Å². The van der Waals surface area contributed by atoms with Crippen LogP contribution in [-0.2, 0) is 5.41 Å². The zero-order valence-corrected chi connectivity index (χ0v) is 30.5. The molecule has 1 aliphatic rings. The Morgan fingerprint density at radius 2 is 0.852 bits per heavy atom. The van der Waals surface area contributed by atoms with Crippen molar-refractivity contribution in [3.05, 3.63) is 211 Å². The van der Waals surface area contributed by atoms with Crippen LogP contribution in [-0.4, -0.2) is 0 Å². The molecule has 9 aromatic carbocycles. The topological polar surface area (TPSA) is 3.24 Å². The summed E-state index contributed by atoms with van der Waals surface area (Å²) in [5.41, 5.74) is 16.0. The highest BCUT2D eigenvalue weighted by atomic mass is 15.1. The first-order chi connectivity index (χ1) is 26.5. The number of hydrogen-bond donors (Lipinski definition) is 0. The Bertz CT molecular complexity index is 2830. The third kappa shape index (κ3) is 5.32. The molecule has 0 spiro atoms. The van der Waals surface area contributed by atoms with Crippen molar-refractivity contribution in [1.82, 2.24) is 0 Å². The molecule has 1 heteroatoms. The van der Waals surface area contributed by atoms with Gasteiger partial charge in [0.2, 0.25) is 0 Å². The molecule has 1 aliphatic carbocycles. The summed E-state index contributed by atoms with van der Waals surface area (Å²) >= 11 is 0. The highest BCUT2D eigenvalue weighted by molar-refractivity contribution is 6.13. The predicted molar refractivity (Wildman–Crippen MR) is 230 cm³/mol. The molecule has 256 valence electrons. The van der Waals surface area contributed by atoms with Crippen LogP contribution in [0.25, 0.3) is 66.1 Å². The Kier molecular flexibility index (Phi) is 7.56. The Balaban J connectivity index is 1.08. The highest BCUT2D eigenvalue weighted by Gasteiger charge is 2.35. The second-order valence-corrected chi connectivity index (χ2v) is 15.0. The highest BCUT2D eigenvalue weighted by Crippen LogP contribution is 2.50. The Labute approximate surface area is 317 Å². The van der Waals surface area contributed by atoms with Crippen molar-refractivity contribution in [2.45, 2.75) is 19.3 Å². The van der Waals surface area contributed by atoms with Gasteiger partial charge in [-0.25, -0.2) is 0 Å². The van der Waals surface area contributed by atoms with Crippen molar-refractivity contribution in [2.24, 2.45) is 0 Å². The fraction of sp³-hybridized carbons (Fsp3) is 0.0566. The van der Waals surface area contributed by atoms with Crippen LogP contribution in [0.5, 0.6) is 0 Å². The lowest BCUT2D eigenvalue weighted by atomic mass is 9.82. The predicted octanol–water partition coefficient (Wildman–Crippen LogP) is 14.8. The normalized spacial score (nSPS) is 12.8. The van der Waals surface area contributed by atoms with Gasteiger partial charge in [-0.2, -0.15) is 0 Å². The summed E-state index contributed by atoms with van der Waals surface area (Å²) in [6.45, 7) is 4.69. The van der Waals surface area contributed by atoms with Gasteiger partial charge >= 0.3 is 0 Å². The molecule has 0 atom stereocenters. The molecular formula is C53H39N. The van der Waals surface area contributed by atoms with E-state index in [0.29, 0.717) is 0 Å². The molecule has 0 saturated heterocycles. The Morgan fingerprint density at radius 1 is 0.315 bits per heavy atom. The van der Waals surface area contributed by atoms with E-state index >= 15 is 0 Å². The summed E-state index contributed by atoms with van der Waals surface area (Å²) in [6, 6.07) is 73.4. The van der Waals surface area contributed by atoms with Crippen LogP contribution in [0.2, 0.25) is 0 Å². The van der Waals surface area contributed by atoms with Gasteiger partial charge in [0.1, 0.15) is 0 Å². The van der Waals surface area contributed by atoms with Crippen LogP contribution in [0, 0.1) is 0 Å². The van der Waals surface area contributed by atoms with Gasteiger partial charge in [0, 0.05) is 22.5 Å². The van der Waals surface area contributed by atoms with E-state index in [9.17, 15) is 0 Å². The first kappa shape index (κ1) is 32.0. The SMILES string of the molecule is CC1(C)c2ccccc2-c2cc(N(c3ccc(-c4cccc(-c5ccccc5)c4)cc3)c3ccc(-c4cc5ccccc5c5ccccc45)cc3)ccc21. The molecular weight excluding hydrogens is 651 g/mol. The standard InChI is InChI=1S/C53H39N/c1-53(2)51-22-11-10-21-48(51)50-35-44(31-32-52(50)53)54(42-27-23-37(24-28-42)40-17-12-16-39(33-40)36-13-4-3-5-14-36)43-29-25-38(26-30-43)49-34-41-15-6-7-18-45(41)46-19-8-9-20-47(46)49/h3-35H,1-2H3. The smallest absolute Gasteiger partial charge is 0.0468 e. The summed E-state index contributed by atoms with van der Waals surface area (Å²) in [5.74, 6) is 0. The Hall–Kier alpha value is -6.70. The lowest BCUT2D eigenvalue weighted by molar-refractivity contribution is 0.660. The van der Waals surface area contributed by atoms with E-state index in [1.807, 2.05) is 0 Å². The molecule has 0 N–H and O–H groups in total. The molecule has 10 rings (SSSR count). The number of fused-ring (bicyclic) bond motifs is 6. The molecule has 0 aromatic heterocycles. The summed E-state index contributed by atoms with van der Waals surface area (Å²) < 4.78 is 0. The minimum atomic E-state index is -0.0461. The van der Waals surface area contributed by atoms with Crippen LogP contribution in [0.3, 0.4) is 0 Å². The first-order valence-electron chi connectivity index (χ1n) is 18.8. The van der Waals surface area contributed by atoms with Crippen LogP contribution in [0.15, 0.2) is 200 Å². The molecule has 0 heterocycles. The van der Waals surface area contributed by atoms with Gasteiger partial charge in [0.15, 0.2) is 0 Å². The van der Waals surface area contributed by atoms with E-state index in [2.05, 4.69) is 219 Å². The van der Waals surface area contributed by atoms with E-state index < -0.39 is 0 Å². The minimum Gasteiger partial charge on any atom is -0.310 e. The first-order valence-corrected chi connectivity index (χ1v) is 18.8. The summed E-state index contributed by atoms with van der Waals surface area (Å²) in [6.07, 6.45) is 0. The average molecular weight is 690 g/mol. The average Bonchev–Trinajstić information content (AvgIpc) is 3.47. The molecule has 1 nitrogen and oxygen atoms in total. The van der Waals surface area contributed by atoms with Gasteiger partial charge in [-0.05, 0) is 126 Å². The van der Waals surface area contributed by atoms with Gasteiger partial charge in [0.05, 0.1) is 0 Å². The zero-order chi connectivity index (χ0) is 36.2.